The molecule has 0 aromatic heterocycles. The molecule has 184 valence electrons. The summed E-state index contributed by atoms with van der Waals surface area (Å²) < 4.78 is 15.8. The highest BCUT2D eigenvalue weighted by atomic mass is 16.5. The largest absolute Gasteiger partial charge is 0.379 e. The maximum atomic E-state index is 11.7. The molecular weight excluding hydrogens is 400 g/mol. The van der Waals surface area contributed by atoms with E-state index in [0.29, 0.717) is 84.3 Å². The predicted molar refractivity (Wildman–Crippen MR) is 123 cm³/mol. The minimum atomic E-state index is -0.0675. The van der Waals surface area contributed by atoms with E-state index in [9.17, 15) is 14.4 Å². The van der Waals surface area contributed by atoms with Crippen molar-refractivity contribution in [3.63, 3.8) is 0 Å². The number of hydrogen-bond acceptors (Lipinski definition) is 6. The van der Waals surface area contributed by atoms with Crippen LogP contribution in [0.3, 0.4) is 0 Å². The first-order valence-electron chi connectivity index (χ1n) is 11.8. The van der Waals surface area contributed by atoms with Crippen molar-refractivity contribution in [2.45, 2.75) is 72.6 Å². The van der Waals surface area contributed by atoms with E-state index < -0.39 is 0 Å². The van der Waals surface area contributed by atoms with Crippen molar-refractivity contribution < 1.29 is 28.6 Å². The molecule has 0 spiro atoms. The second kappa shape index (κ2) is 26.5. The summed E-state index contributed by atoms with van der Waals surface area (Å²) in [4.78, 5) is 33.5. The molecule has 0 aliphatic rings. The molecule has 8 heteroatoms. The Morgan fingerprint density at radius 3 is 1.81 bits per heavy atom. The lowest BCUT2D eigenvalue weighted by atomic mass is 10.1. The zero-order chi connectivity index (χ0) is 23.6. The monoisotopic (exact) mass is 446 g/mol. The molecule has 2 amide bonds. The van der Waals surface area contributed by atoms with E-state index in [1.165, 1.54) is 6.42 Å². The first-order valence-corrected chi connectivity index (χ1v) is 11.8. The number of ether oxygens (including phenoxy) is 3. The van der Waals surface area contributed by atoms with Crippen LogP contribution in [0.15, 0.2) is 0 Å². The molecule has 8 nitrogen and oxygen atoms in total. The highest BCUT2D eigenvalue weighted by molar-refractivity contribution is 5.78. The lowest BCUT2D eigenvalue weighted by Gasteiger charge is -2.08. The molecule has 0 aromatic carbocycles. The minimum absolute atomic E-state index is 0.0137. The molecule has 0 unspecified atom stereocenters. The molecule has 0 heterocycles. The Hall–Kier alpha value is -1.51. The quantitative estimate of drug-likeness (QED) is 0.208. The molecule has 0 aliphatic heterocycles. The van der Waals surface area contributed by atoms with Gasteiger partial charge in [-0.05, 0) is 18.8 Å². The van der Waals surface area contributed by atoms with Gasteiger partial charge in [-0.3, -0.25) is 9.59 Å². The third-order valence-corrected chi connectivity index (χ3v) is 4.03. The Morgan fingerprint density at radius 2 is 1.26 bits per heavy atom. The van der Waals surface area contributed by atoms with Gasteiger partial charge in [0.15, 0.2) is 0 Å². The highest BCUT2D eigenvalue weighted by Gasteiger charge is 2.05. The molecule has 0 bridgehead atoms. The zero-order valence-electron chi connectivity index (χ0n) is 20.2. The van der Waals surface area contributed by atoms with Crippen molar-refractivity contribution >= 4 is 18.1 Å². The highest BCUT2D eigenvalue weighted by Crippen LogP contribution is 2.05. The number of carbonyl (C=O) groups is 3. The molecular formula is C23H46N2O6. The molecule has 2 N–H and O–H groups in total. The molecule has 0 atom stereocenters. The van der Waals surface area contributed by atoms with Gasteiger partial charge in [-0.25, -0.2) is 0 Å². The minimum Gasteiger partial charge on any atom is -0.379 e. The van der Waals surface area contributed by atoms with E-state index in [2.05, 4.69) is 24.5 Å². The number of aldehydes is 1. The lowest BCUT2D eigenvalue weighted by Crippen LogP contribution is -2.28. The summed E-state index contributed by atoms with van der Waals surface area (Å²) in [7, 11) is 0. The number of rotatable bonds is 21. The summed E-state index contributed by atoms with van der Waals surface area (Å²) >= 11 is 0. The zero-order valence-corrected chi connectivity index (χ0v) is 20.2. The number of nitrogens with one attached hydrogen (secondary N) is 2. The Morgan fingerprint density at radius 1 is 0.742 bits per heavy atom. The van der Waals surface area contributed by atoms with Crippen LogP contribution in [0.25, 0.3) is 0 Å². The average Bonchev–Trinajstić information content (AvgIpc) is 2.75. The standard InChI is InChI=1S/C21H40N2O6.C2H6/c1-19(2)7-3-4-10-22-20(25)8-5-9-21(26)23-11-14-28-16-18-29-17-15-27-13-6-12-24;1-2/h12,19H,3-11,13-18H2,1-2H3,(H,22,25)(H,23,26);1-2H3. The summed E-state index contributed by atoms with van der Waals surface area (Å²) in [5, 5.41) is 5.67. The maximum absolute atomic E-state index is 11.7. The third-order valence-electron chi connectivity index (χ3n) is 4.03. The van der Waals surface area contributed by atoms with Crippen LogP contribution in [0.2, 0.25) is 0 Å². The fourth-order valence-electron chi connectivity index (χ4n) is 2.43. The Bertz CT molecular complexity index is 419. The summed E-state index contributed by atoms with van der Waals surface area (Å²) in [5.41, 5.74) is 0. The fourth-order valence-corrected chi connectivity index (χ4v) is 2.43. The summed E-state index contributed by atoms with van der Waals surface area (Å²) in [6.07, 6.45) is 5.81. The van der Waals surface area contributed by atoms with Crippen LogP contribution in [0.4, 0.5) is 0 Å². The molecule has 0 saturated heterocycles. The van der Waals surface area contributed by atoms with E-state index >= 15 is 0 Å². The van der Waals surface area contributed by atoms with Crippen LogP contribution in [0.1, 0.15) is 72.6 Å². The van der Waals surface area contributed by atoms with Crippen LogP contribution in [-0.4, -0.2) is 70.8 Å². The van der Waals surface area contributed by atoms with Gasteiger partial charge in [0.05, 0.1) is 39.6 Å². The van der Waals surface area contributed by atoms with Gasteiger partial charge in [-0.2, -0.15) is 0 Å². The Labute approximate surface area is 189 Å². The Kier molecular flexibility index (Phi) is 27.1. The number of unbranched alkanes of at least 4 members (excludes halogenated alkanes) is 1. The van der Waals surface area contributed by atoms with E-state index in [1.54, 1.807) is 0 Å². The second-order valence-electron chi connectivity index (χ2n) is 7.24. The van der Waals surface area contributed by atoms with Crippen molar-refractivity contribution in [3.8, 4) is 0 Å². The SMILES string of the molecule is CC.CC(C)CCCCNC(=O)CCCC(=O)NCCOCCOCCOCCC=O. The fraction of sp³-hybridized carbons (Fsp3) is 0.870. The van der Waals surface area contributed by atoms with Crippen LogP contribution in [-0.2, 0) is 28.6 Å². The molecule has 31 heavy (non-hydrogen) atoms. The normalized spacial score (nSPS) is 10.4. The third kappa shape index (κ3) is 28.5. The molecule has 0 rings (SSSR count). The predicted octanol–water partition coefficient (Wildman–Crippen LogP) is 2.88. The maximum Gasteiger partial charge on any atom is 0.220 e. The van der Waals surface area contributed by atoms with Gasteiger partial charge in [0.1, 0.15) is 6.29 Å². The van der Waals surface area contributed by atoms with Crippen LogP contribution < -0.4 is 10.6 Å². The summed E-state index contributed by atoms with van der Waals surface area (Å²) in [5.74, 6) is 0.649. The smallest absolute Gasteiger partial charge is 0.220 e. The molecule has 0 saturated carbocycles. The number of amides is 2. The van der Waals surface area contributed by atoms with Crippen molar-refractivity contribution in [3.05, 3.63) is 0 Å². The van der Waals surface area contributed by atoms with Gasteiger partial charge in [0, 0.05) is 32.4 Å². The van der Waals surface area contributed by atoms with Gasteiger partial charge in [0.2, 0.25) is 11.8 Å². The van der Waals surface area contributed by atoms with E-state index in [4.69, 9.17) is 14.2 Å². The molecule has 0 aliphatic carbocycles. The number of carbonyl (C=O) groups excluding carboxylic acids is 3. The second-order valence-corrected chi connectivity index (χ2v) is 7.24. The molecule has 0 aromatic rings. The van der Waals surface area contributed by atoms with E-state index in [-0.39, 0.29) is 11.8 Å². The van der Waals surface area contributed by atoms with Gasteiger partial charge >= 0.3 is 0 Å². The van der Waals surface area contributed by atoms with Gasteiger partial charge < -0.3 is 29.6 Å². The molecule has 0 radical (unpaired) electrons. The van der Waals surface area contributed by atoms with Crippen LogP contribution in [0.5, 0.6) is 0 Å². The average molecular weight is 447 g/mol. The molecule has 0 fully saturated rings. The van der Waals surface area contributed by atoms with Crippen molar-refractivity contribution in [2.24, 2.45) is 5.92 Å². The van der Waals surface area contributed by atoms with E-state index in [1.807, 2.05) is 13.8 Å². The van der Waals surface area contributed by atoms with Gasteiger partial charge in [-0.15, -0.1) is 0 Å². The Balaban J connectivity index is 0. The van der Waals surface area contributed by atoms with Crippen molar-refractivity contribution in [1.82, 2.24) is 10.6 Å². The first kappa shape index (κ1) is 31.7. The number of hydrogen-bond donors (Lipinski definition) is 2. The van der Waals surface area contributed by atoms with Gasteiger partial charge in [-0.1, -0.05) is 40.5 Å². The van der Waals surface area contributed by atoms with Crippen molar-refractivity contribution in [1.29, 1.82) is 0 Å². The topological polar surface area (TPSA) is 103 Å². The van der Waals surface area contributed by atoms with Crippen LogP contribution >= 0.6 is 0 Å². The van der Waals surface area contributed by atoms with Gasteiger partial charge in [0.25, 0.3) is 0 Å². The lowest BCUT2D eigenvalue weighted by molar-refractivity contribution is -0.122. The summed E-state index contributed by atoms with van der Waals surface area (Å²) in [6, 6.07) is 0. The summed E-state index contributed by atoms with van der Waals surface area (Å²) in [6.45, 7) is 12.2. The first-order chi connectivity index (χ1) is 15.1. The van der Waals surface area contributed by atoms with Crippen molar-refractivity contribution in [2.75, 3.05) is 52.7 Å². The van der Waals surface area contributed by atoms with Crippen LogP contribution in [0, 0.1) is 5.92 Å². The van der Waals surface area contributed by atoms with E-state index in [0.717, 1.165) is 19.1 Å².